The average Bonchev–Trinajstić information content (AvgIpc) is 3.27. The molecule has 1 aromatic rings. The first-order valence-electron chi connectivity index (χ1n) is 12.0. The number of hydrogen-bond donors (Lipinski definition) is 2. The molecule has 4 nitrogen and oxygen atoms in total. The number of carbonyl (C=O) groups excluding carboxylic acids is 1. The standard InChI is InChI=1S/C25H42N2O2S/c1-3-4-5-6-7-8-9-10-11-12-13-14-19-26-24(28)23-20-30-25(27-23)21-15-17-22(29-2)18-16-21/h15-18,23,25,27H,3-14,19-20H2,1-2H3,(H,26,28)/t23-,25?/m0/s1. The minimum atomic E-state index is -0.0978. The maximum Gasteiger partial charge on any atom is 0.238 e. The van der Waals surface area contributed by atoms with Crippen LogP contribution in [0.1, 0.15) is 94.9 Å². The maximum atomic E-state index is 12.4. The van der Waals surface area contributed by atoms with E-state index in [1.165, 1.54) is 76.2 Å². The number of unbranched alkanes of at least 4 members (excludes halogenated alkanes) is 11. The van der Waals surface area contributed by atoms with Crippen molar-refractivity contribution in [1.29, 1.82) is 0 Å². The Labute approximate surface area is 188 Å². The number of ether oxygens (including phenoxy) is 1. The maximum absolute atomic E-state index is 12.4. The van der Waals surface area contributed by atoms with Crippen molar-refractivity contribution in [2.24, 2.45) is 0 Å². The van der Waals surface area contributed by atoms with Crippen molar-refractivity contribution in [2.45, 2.75) is 95.4 Å². The number of benzene rings is 1. The fraction of sp³-hybridized carbons (Fsp3) is 0.720. The topological polar surface area (TPSA) is 50.4 Å². The lowest BCUT2D eigenvalue weighted by molar-refractivity contribution is -0.122. The van der Waals surface area contributed by atoms with E-state index in [1.807, 2.05) is 12.1 Å². The third-order valence-electron chi connectivity index (χ3n) is 5.85. The van der Waals surface area contributed by atoms with Gasteiger partial charge in [-0.3, -0.25) is 10.1 Å². The molecule has 2 rings (SSSR count). The van der Waals surface area contributed by atoms with Crippen molar-refractivity contribution in [1.82, 2.24) is 10.6 Å². The van der Waals surface area contributed by atoms with Gasteiger partial charge in [0.25, 0.3) is 0 Å². The Balaban J connectivity index is 1.45. The first-order valence-corrected chi connectivity index (χ1v) is 13.1. The summed E-state index contributed by atoms with van der Waals surface area (Å²) in [7, 11) is 1.68. The first kappa shape index (κ1) is 25.1. The van der Waals surface area contributed by atoms with Crippen LogP contribution in [0, 0.1) is 0 Å². The van der Waals surface area contributed by atoms with Gasteiger partial charge >= 0.3 is 0 Å². The van der Waals surface area contributed by atoms with Crippen LogP contribution in [0.25, 0.3) is 0 Å². The lowest BCUT2D eigenvalue weighted by atomic mass is 10.1. The highest BCUT2D eigenvalue weighted by molar-refractivity contribution is 7.99. The molecule has 1 aliphatic heterocycles. The Hall–Kier alpha value is -1.20. The molecule has 0 aliphatic carbocycles. The quantitative estimate of drug-likeness (QED) is 0.303. The fourth-order valence-corrected chi connectivity index (χ4v) is 5.14. The number of nitrogens with one attached hydrogen (secondary N) is 2. The normalized spacial score (nSPS) is 18.5. The van der Waals surface area contributed by atoms with E-state index in [9.17, 15) is 4.79 Å². The van der Waals surface area contributed by atoms with E-state index in [4.69, 9.17) is 4.74 Å². The van der Waals surface area contributed by atoms with Crippen LogP contribution < -0.4 is 15.4 Å². The molecular weight excluding hydrogens is 392 g/mol. The Morgan fingerprint density at radius 1 is 0.967 bits per heavy atom. The largest absolute Gasteiger partial charge is 0.497 e. The Morgan fingerprint density at radius 2 is 1.53 bits per heavy atom. The molecule has 5 heteroatoms. The molecule has 0 saturated carbocycles. The van der Waals surface area contributed by atoms with Crippen LogP contribution in [-0.2, 0) is 4.79 Å². The second-order valence-electron chi connectivity index (χ2n) is 8.39. The van der Waals surface area contributed by atoms with Gasteiger partial charge in [-0.2, -0.15) is 0 Å². The van der Waals surface area contributed by atoms with Crippen LogP contribution >= 0.6 is 11.8 Å². The highest BCUT2D eigenvalue weighted by Gasteiger charge is 2.30. The van der Waals surface area contributed by atoms with Gasteiger partial charge in [-0.05, 0) is 24.1 Å². The Bertz CT molecular complexity index is 579. The van der Waals surface area contributed by atoms with Gasteiger partial charge in [-0.25, -0.2) is 0 Å². The number of carbonyl (C=O) groups is 1. The summed E-state index contributed by atoms with van der Waals surface area (Å²) in [5.74, 6) is 1.82. The van der Waals surface area contributed by atoms with Crippen LogP contribution in [0.15, 0.2) is 24.3 Å². The Morgan fingerprint density at radius 3 is 2.10 bits per heavy atom. The second kappa shape index (κ2) is 15.6. The molecule has 0 bridgehead atoms. The van der Waals surface area contributed by atoms with E-state index in [0.717, 1.165) is 24.5 Å². The van der Waals surface area contributed by atoms with Gasteiger partial charge in [0.1, 0.15) is 5.75 Å². The van der Waals surface area contributed by atoms with Gasteiger partial charge in [-0.1, -0.05) is 89.7 Å². The van der Waals surface area contributed by atoms with E-state index in [-0.39, 0.29) is 17.3 Å². The van der Waals surface area contributed by atoms with Gasteiger partial charge in [0.15, 0.2) is 0 Å². The summed E-state index contributed by atoms with van der Waals surface area (Å²) in [6.07, 6.45) is 16.1. The summed E-state index contributed by atoms with van der Waals surface area (Å²) in [4.78, 5) is 12.4. The molecule has 0 radical (unpaired) electrons. The van der Waals surface area contributed by atoms with Crippen molar-refractivity contribution in [3.63, 3.8) is 0 Å². The molecule has 170 valence electrons. The van der Waals surface area contributed by atoms with Crippen molar-refractivity contribution in [3.8, 4) is 5.75 Å². The third-order valence-corrected chi connectivity index (χ3v) is 7.11. The van der Waals surface area contributed by atoms with Crippen molar-refractivity contribution < 1.29 is 9.53 Å². The number of thioether (sulfide) groups is 1. The lowest BCUT2D eigenvalue weighted by Crippen LogP contribution is -2.42. The summed E-state index contributed by atoms with van der Waals surface area (Å²) >= 11 is 1.79. The SMILES string of the molecule is CCCCCCCCCCCCCCNC(=O)[C@@H]1CSC(c2ccc(OC)cc2)N1. The van der Waals surface area contributed by atoms with E-state index in [0.29, 0.717) is 0 Å². The summed E-state index contributed by atoms with van der Waals surface area (Å²) in [6.45, 7) is 3.07. The fourth-order valence-electron chi connectivity index (χ4n) is 3.89. The molecule has 1 aliphatic rings. The summed E-state index contributed by atoms with van der Waals surface area (Å²) in [5, 5.41) is 6.75. The van der Waals surface area contributed by atoms with E-state index in [2.05, 4.69) is 29.7 Å². The van der Waals surface area contributed by atoms with Crippen LogP contribution in [-0.4, -0.2) is 31.4 Å². The molecule has 1 fully saturated rings. The Kier molecular flexibility index (Phi) is 13.0. The molecule has 1 saturated heterocycles. The van der Waals surface area contributed by atoms with Crippen LogP contribution in [0.5, 0.6) is 5.75 Å². The predicted octanol–water partition coefficient (Wildman–Crippen LogP) is 6.22. The van der Waals surface area contributed by atoms with Gasteiger partial charge in [-0.15, -0.1) is 11.8 Å². The minimum absolute atomic E-state index is 0.0978. The monoisotopic (exact) mass is 434 g/mol. The van der Waals surface area contributed by atoms with E-state index in [1.54, 1.807) is 18.9 Å². The molecule has 30 heavy (non-hydrogen) atoms. The van der Waals surface area contributed by atoms with Crippen LogP contribution in [0.3, 0.4) is 0 Å². The molecule has 1 heterocycles. The highest BCUT2D eigenvalue weighted by Crippen LogP contribution is 2.33. The second-order valence-corrected chi connectivity index (χ2v) is 9.52. The number of amides is 1. The van der Waals surface area contributed by atoms with Crippen molar-refractivity contribution in [3.05, 3.63) is 29.8 Å². The molecule has 1 amide bonds. The zero-order chi connectivity index (χ0) is 21.4. The molecule has 0 spiro atoms. The molecule has 2 atom stereocenters. The molecule has 0 aromatic heterocycles. The van der Waals surface area contributed by atoms with Crippen LogP contribution in [0.2, 0.25) is 0 Å². The smallest absolute Gasteiger partial charge is 0.238 e. The van der Waals surface area contributed by atoms with Crippen molar-refractivity contribution in [2.75, 3.05) is 19.4 Å². The zero-order valence-electron chi connectivity index (χ0n) is 19.1. The number of hydrogen-bond acceptors (Lipinski definition) is 4. The summed E-state index contributed by atoms with van der Waals surface area (Å²) in [5.41, 5.74) is 1.19. The van der Waals surface area contributed by atoms with E-state index < -0.39 is 0 Å². The van der Waals surface area contributed by atoms with Crippen molar-refractivity contribution >= 4 is 17.7 Å². The van der Waals surface area contributed by atoms with Gasteiger partial charge < -0.3 is 10.1 Å². The summed E-state index contributed by atoms with van der Waals surface area (Å²) < 4.78 is 5.21. The predicted molar refractivity (Wildman–Crippen MR) is 129 cm³/mol. The summed E-state index contributed by atoms with van der Waals surface area (Å²) in [6, 6.07) is 7.98. The lowest BCUT2D eigenvalue weighted by Gasteiger charge is -2.14. The van der Waals surface area contributed by atoms with Gasteiger partial charge in [0.2, 0.25) is 5.91 Å². The molecule has 1 unspecified atom stereocenters. The molecular formula is C25H42N2O2S. The van der Waals surface area contributed by atoms with E-state index >= 15 is 0 Å². The van der Waals surface area contributed by atoms with Gasteiger partial charge in [0.05, 0.1) is 18.5 Å². The van der Waals surface area contributed by atoms with Crippen LogP contribution in [0.4, 0.5) is 0 Å². The zero-order valence-corrected chi connectivity index (χ0v) is 19.9. The first-order chi connectivity index (χ1) is 14.7. The highest BCUT2D eigenvalue weighted by atomic mass is 32.2. The van der Waals surface area contributed by atoms with Gasteiger partial charge in [0, 0.05) is 12.3 Å². The number of methoxy groups -OCH3 is 1. The third kappa shape index (κ3) is 9.74. The molecule has 1 aromatic carbocycles. The average molecular weight is 435 g/mol. The minimum Gasteiger partial charge on any atom is -0.497 e. The molecule has 2 N–H and O–H groups in total. The number of rotatable bonds is 16.